The summed E-state index contributed by atoms with van der Waals surface area (Å²) in [7, 11) is 3.48. The molecule has 4 nitrogen and oxygen atoms in total. The fourth-order valence-corrected chi connectivity index (χ4v) is 2.39. The van der Waals surface area contributed by atoms with E-state index in [1.807, 2.05) is 20.9 Å². The van der Waals surface area contributed by atoms with Gasteiger partial charge in [0, 0.05) is 12.1 Å². The third kappa shape index (κ3) is 2.66. The standard InChI is InChI=1S/C14H24N2O2/c1-8-6-9(2)12(14(18-5)10(8)3)13(16-4)11(17)7-15/h6,11,13,16-17H,7,15H2,1-5H3. The van der Waals surface area contributed by atoms with Crippen molar-refractivity contribution in [2.24, 2.45) is 5.73 Å². The van der Waals surface area contributed by atoms with Gasteiger partial charge in [0.1, 0.15) is 5.75 Å². The number of hydrogen-bond donors (Lipinski definition) is 3. The van der Waals surface area contributed by atoms with E-state index < -0.39 is 6.10 Å². The van der Waals surface area contributed by atoms with Crippen LogP contribution in [0.25, 0.3) is 0 Å². The molecule has 2 atom stereocenters. The fourth-order valence-electron chi connectivity index (χ4n) is 2.39. The van der Waals surface area contributed by atoms with Crippen LogP contribution in [0.4, 0.5) is 0 Å². The summed E-state index contributed by atoms with van der Waals surface area (Å²) in [6.07, 6.45) is -0.635. The van der Waals surface area contributed by atoms with Crippen molar-refractivity contribution in [1.29, 1.82) is 0 Å². The average Bonchev–Trinajstić information content (AvgIpc) is 2.36. The highest BCUT2D eigenvalue weighted by molar-refractivity contribution is 5.51. The summed E-state index contributed by atoms with van der Waals surface area (Å²) in [4.78, 5) is 0. The Hall–Kier alpha value is -1.10. The SMILES string of the molecule is CNC(c1c(C)cc(C)c(C)c1OC)C(O)CN. The summed E-state index contributed by atoms with van der Waals surface area (Å²) in [5.74, 6) is 0.833. The van der Waals surface area contributed by atoms with Crippen molar-refractivity contribution in [3.8, 4) is 5.75 Å². The Balaban J connectivity index is 3.42. The molecule has 0 saturated heterocycles. The van der Waals surface area contributed by atoms with Crippen LogP contribution in [0, 0.1) is 20.8 Å². The molecule has 1 aromatic rings. The number of hydrogen-bond acceptors (Lipinski definition) is 4. The van der Waals surface area contributed by atoms with Crippen molar-refractivity contribution in [1.82, 2.24) is 5.32 Å². The molecule has 1 rings (SSSR count). The van der Waals surface area contributed by atoms with Crippen molar-refractivity contribution >= 4 is 0 Å². The van der Waals surface area contributed by atoms with Gasteiger partial charge in [-0.3, -0.25) is 0 Å². The second-order valence-electron chi connectivity index (χ2n) is 4.65. The second kappa shape index (κ2) is 6.18. The highest BCUT2D eigenvalue weighted by atomic mass is 16.5. The van der Waals surface area contributed by atoms with Crippen LogP contribution in [-0.2, 0) is 0 Å². The first-order valence-corrected chi connectivity index (χ1v) is 6.18. The van der Waals surface area contributed by atoms with Gasteiger partial charge in [-0.05, 0) is 44.5 Å². The molecule has 0 bridgehead atoms. The van der Waals surface area contributed by atoms with Crippen LogP contribution < -0.4 is 15.8 Å². The maximum absolute atomic E-state index is 10.0. The predicted octanol–water partition coefficient (Wildman–Crippen LogP) is 1.20. The number of nitrogens with one attached hydrogen (secondary N) is 1. The minimum absolute atomic E-state index is 0.209. The van der Waals surface area contributed by atoms with Gasteiger partial charge in [-0.15, -0.1) is 0 Å². The molecule has 2 unspecified atom stereocenters. The lowest BCUT2D eigenvalue weighted by molar-refractivity contribution is 0.137. The molecule has 0 spiro atoms. The molecular formula is C14H24N2O2. The van der Waals surface area contributed by atoms with Crippen LogP contribution in [-0.4, -0.2) is 31.9 Å². The summed E-state index contributed by atoms with van der Waals surface area (Å²) in [6, 6.07) is 1.89. The number of benzene rings is 1. The molecule has 102 valence electrons. The van der Waals surface area contributed by atoms with Gasteiger partial charge >= 0.3 is 0 Å². The van der Waals surface area contributed by atoms with Crippen LogP contribution in [0.5, 0.6) is 5.75 Å². The van der Waals surface area contributed by atoms with Gasteiger partial charge in [-0.2, -0.15) is 0 Å². The number of aryl methyl sites for hydroxylation is 2. The molecule has 0 fully saturated rings. The van der Waals surface area contributed by atoms with Crippen LogP contribution in [0.2, 0.25) is 0 Å². The Morgan fingerprint density at radius 1 is 1.33 bits per heavy atom. The van der Waals surface area contributed by atoms with Gasteiger partial charge in [0.2, 0.25) is 0 Å². The quantitative estimate of drug-likeness (QED) is 0.736. The maximum Gasteiger partial charge on any atom is 0.127 e. The summed E-state index contributed by atoms with van der Waals surface area (Å²) in [6.45, 7) is 6.32. The van der Waals surface area contributed by atoms with Gasteiger partial charge in [0.15, 0.2) is 0 Å². The number of aliphatic hydroxyl groups is 1. The van der Waals surface area contributed by atoms with E-state index in [2.05, 4.69) is 18.3 Å². The van der Waals surface area contributed by atoms with Crippen molar-refractivity contribution < 1.29 is 9.84 Å². The summed E-state index contributed by atoms with van der Waals surface area (Å²) < 4.78 is 5.52. The number of ether oxygens (including phenoxy) is 1. The van der Waals surface area contributed by atoms with Crippen LogP contribution >= 0.6 is 0 Å². The Kier molecular flexibility index (Phi) is 5.14. The van der Waals surface area contributed by atoms with Crippen LogP contribution in [0.3, 0.4) is 0 Å². The molecule has 4 N–H and O–H groups in total. The first-order valence-electron chi connectivity index (χ1n) is 6.18. The third-order valence-electron chi connectivity index (χ3n) is 3.49. The molecule has 18 heavy (non-hydrogen) atoms. The van der Waals surface area contributed by atoms with Gasteiger partial charge < -0.3 is 20.9 Å². The van der Waals surface area contributed by atoms with E-state index in [0.717, 1.165) is 22.4 Å². The molecule has 0 amide bonds. The third-order valence-corrected chi connectivity index (χ3v) is 3.49. The molecule has 0 aliphatic rings. The van der Waals surface area contributed by atoms with E-state index in [9.17, 15) is 5.11 Å². The molecule has 0 aliphatic carbocycles. The number of methoxy groups -OCH3 is 1. The summed E-state index contributed by atoms with van der Waals surface area (Å²) in [5, 5.41) is 13.2. The molecule has 1 aromatic carbocycles. The minimum Gasteiger partial charge on any atom is -0.496 e. The van der Waals surface area contributed by atoms with E-state index in [0.29, 0.717) is 0 Å². The van der Waals surface area contributed by atoms with Crippen molar-refractivity contribution in [2.45, 2.75) is 32.9 Å². The van der Waals surface area contributed by atoms with E-state index in [4.69, 9.17) is 10.5 Å². The van der Waals surface area contributed by atoms with Crippen molar-refractivity contribution in [3.63, 3.8) is 0 Å². The molecule has 4 heteroatoms. The minimum atomic E-state index is -0.635. The molecule has 0 saturated carbocycles. The fraction of sp³-hybridized carbons (Fsp3) is 0.571. The Morgan fingerprint density at radius 2 is 1.94 bits per heavy atom. The van der Waals surface area contributed by atoms with E-state index in [-0.39, 0.29) is 12.6 Å². The highest BCUT2D eigenvalue weighted by Gasteiger charge is 2.25. The van der Waals surface area contributed by atoms with Gasteiger partial charge in [0.25, 0.3) is 0 Å². The van der Waals surface area contributed by atoms with Crippen molar-refractivity contribution in [2.75, 3.05) is 20.7 Å². The van der Waals surface area contributed by atoms with E-state index in [1.165, 1.54) is 5.56 Å². The second-order valence-corrected chi connectivity index (χ2v) is 4.65. The zero-order valence-corrected chi connectivity index (χ0v) is 11.9. The number of aliphatic hydroxyl groups excluding tert-OH is 1. The molecule has 0 aromatic heterocycles. The van der Waals surface area contributed by atoms with Gasteiger partial charge in [-0.25, -0.2) is 0 Å². The molecule has 0 radical (unpaired) electrons. The molecular weight excluding hydrogens is 228 g/mol. The lowest BCUT2D eigenvalue weighted by Crippen LogP contribution is -2.35. The van der Waals surface area contributed by atoms with E-state index in [1.54, 1.807) is 7.11 Å². The van der Waals surface area contributed by atoms with E-state index >= 15 is 0 Å². The van der Waals surface area contributed by atoms with Crippen molar-refractivity contribution in [3.05, 3.63) is 28.3 Å². The molecule has 0 heterocycles. The smallest absolute Gasteiger partial charge is 0.127 e. The topological polar surface area (TPSA) is 67.5 Å². The normalized spacial score (nSPS) is 14.4. The monoisotopic (exact) mass is 252 g/mol. The van der Waals surface area contributed by atoms with Gasteiger partial charge in [0.05, 0.1) is 19.3 Å². The number of rotatable bonds is 5. The summed E-state index contributed by atoms with van der Waals surface area (Å²) >= 11 is 0. The first-order chi connectivity index (χ1) is 8.47. The zero-order valence-electron chi connectivity index (χ0n) is 11.9. The number of nitrogens with two attached hydrogens (primary N) is 1. The maximum atomic E-state index is 10.0. The van der Waals surface area contributed by atoms with Crippen LogP contribution in [0.15, 0.2) is 6.07 Å². The number of likely N-dealkylation sites (N-methyl/N-ethyl adjacent to an activating group) is 1. The highest BCUT2D eigenvalue weighted by Crippen LogP contribution is 2.35. The lowest BCUT2D eigenvalue weighted by atomic mass is 9.91. The zero-order chi connectivity index (χ0) is 13.9. The Labute approximate surface area is 109 Å². The first kappa shape index (κ1) is 15.0. The largest absolute Gasteiger partial charge is 0.496 e. The average molecular weight is 252 g/mol. The Bertz CT molecular complexity index is 419. The predicted molar refractivity (Wildman–Crippen MR) is 74.1 cm³/mol. The lowest BCUT2D eigenvalue weighted by Gasteiger charge is -2.27. The van der Waals surface area contributed by atoms with Crippen LogP contribution in [0.1, 0.15) is 28.3 Å². The Morgan fingerprint density at radius 3 is 2.39 bits per heavy atom. The molecule has 0 aliphatic heterocycles. The summed E-state index contributed by atoms with van der Waals surface area (Å²) in [5.41, 5.74) is 9.94. The van der Waals surface area contributed by atoms with Gasteiger partial charge in [-0.1, -0.05) is 6.07 Å².